The Hall–Kier alpha value is -0.330. The summed E-state index contributed by atoms with van der Waals surface area (Å²) in [5.74, 6) is 1.60. The molecule has 0 saturated heterocycles. The van der Waals surface area contributed by atoms with Gasteiger partial charge in [0.15, 0.2) is 0 Å². The average Bonchev–Trinajstić information content (AvgIpc) is 2.35. The second-order valence-electron chi connectivity index (χ2n) is 4.08. The highest BCUT2D eigenvalue weighted by Gasteiger charge is 2.30. The first-order valence-electron chi connectivity index (χ1n) is 5.28. The zero-order chi connectivity index (χ0) is 8.97. The lowest BCUT2D eigenvalue weighted by molar-refractivity contribution is -0.121. The zero-order valence-electron chi connectivity index (χ0n) is 8.31. The molecule has 0 aromatic rings. The molecule has 2 atom stereocenters. The topological polar surface area (TPSA) is 17.1 Å². The van der Waals surface area contributed by atoms with Crippen LogP contribution in [0.3, 0.4) is 0 Å². The first-order chi connectivity index (χ1) is 5.75. The van der Waals surface area contributed by atoms with Gasteiger partial charge in [0, 0.05) is 12.3 Å². The van der Waals surface area contributed by atoms with Crippen LogP contribution in [0.5, 0.6) is 0 Å². The normalized spacial score (nSPS) is 29.7. The van der Waals surface area contributed by atoms with Crippen LogP contribution in [0.1, 0.15) is 52.4 Å². The van der Waals surface area contributed by atoms with Gasteiger partial charge >= 0.3 is 0 Å². The van der Waals surface area contributed by atoms with Crippen LogP contribution in [0.25, 0.3) is 0 Å². The molecule has 0 heterocycles. The molecule has 0 amide bonds. The van der Waals surface area contributed by atoms with Crippen LogP contribution in [0.4, 0.5) is 0 Å². The number of carbonyl (C=O) groups excluding carboxylic acids is 1. The Labute approximate surface area is 75.5 Å². The number of rotatable bonds is 4. The van der Waals surface area contributed by atoms with Crippen LogP contribution >= 0.6 is 0 Å². The fourth-order valence-electron chi connectivity index (χ4n) is 2.13. The van der Waals surface area contributed by atoms with Crippen molar-refractivity contribution in [2.75, 3.05) is 0 Å². The summed E-state index contributed by atoms with van der Waals surface area (Å²) in [7, 11) is 0. The van der Waals surface area contributed by atoms with Crippen LogP contribution < -0.4 is 0 Å². The summed E-state index contributed by atoms with van der Waals surface area (Å²) in [5, 5.41) is 0. The van der Waals surface area contributed by atoms with Crippen molar-refractivity contribution in [1.82, 2.24) is 0 Å². The van der Waals surface area contributed by atoms with Crippen molar-refractivity contribution >= 4 is 5.78 Å². The monoisotopic (exact) mass is 168 g/mol. The summed E-state index contributed by atoms with van der Waals surface area (Å²) in [5.41, 5.74) is 0. The van der Waals surface area contributed by atoms with Crippen LogP contribution in [0.2, 0.25) is 0 Å². The lowest BCUT2D eigenvalue weighted by Gasteiger charge is -2.12. The Morgan fingerprint density at radius 3 is 2.67 bits per heavy atom. The first-order valence-corrected chi connectivity index (χ1v) is 5.28. The fraction of sp³-hybridized carbons (Fsp3) is 0.909. The maximum absolute atomic E-state index is 11.4. The molecule has 0 radical (unpaired) electrons. The van der Waals surface area contributed by atoms with E-state index in [1.54, 1.807) is 0 Å². The SMILES string of the molecule is CCCCCC1C(=O)CC[C@H]1C. The van der Waals surface area contributed by atoms with Gasteiger partial charge in [-0.15, -0.1) is 0 Å². The van der Waals surface area contributed by atoms with Crippen molar-refractivity contribution in [3.8, 4) is 0 Å². The van der Waals surface area contributed by atoms with Gasteiger partial charge in [0.05, 0.1) is 0 Å². The molecular formula is C11H20O. The molecular weight excluding hydrogens is 148 g/mol. The highest BCUT2D eigenvalue weighted by Crippen LogP contribution is 2.31. The third-order valence-corrected chi connectivity index (χ3v) is 3.07. The van der Waals surface area contributed by atoms with E-state index in [1.165, 1.54) is 19.3 Å². The molecule has 1 nitrogen and oxygen atoms in total. The Bertz CT molecular complexity index is 151. The number of unbranched alkanes of at least 4 members (excludes halogenated alkanes) is 2. The van der Waals surface area contributed by atoms with E-state index in [9.17, 15) is 4.79 Å². The molecule has 0 aromatic heterocycles. The molecule has 1 aliphatic rings. The predicted octanol–water partition coefficient (Wildman–Crippen LogP) is 3.18. The van der Waals surface area contributed by atoms with E-state index in [-0.39, 0.29) is 0 Å². The molecule has 0 aliphatic heterocycles. The lowest BCUT2D eigenvalue weighted by Crippen LogP contribution is -2.12. The molecule has 12 heavy (non-hydrogen) atoms. The number of hydrogen-bond donors (Lipinski definition) is 0. The zero-order valence-corrected chi connectivity index (χ0v) is 8.31. The quantitative estimate of drug-likeness (QED) is 0.589. The van der Waals surface area contributed by atoms with E-state index < -0.39 is 0 Å². The number of ketones is 1. The minimum absolute atomic E-state index is 0.413. The summed E-state index contributed by atoms with van der Waals surface area (Å²) in [6.45, 7) is 4.43. The molecule has 0 N–H and O–H groups in total. The lowest BCUT2D eigenvalue weighted by atomic mass is 9.92. The van der Waals surface area contributed by atoms with Crippen LogP contribution in [0.15, 0.2) is 0 Å². The summed E-state index contributed by atoms with van der Waals surface area (Å²) in [4.78, 5) is 11.4. The largest absolute Gasteiger partial charge is 0.299 e. The molecule has 1 aliphatic carbocycles. The first kappa shape index (κ1) is 9.76. The van der Waals surface area contributed by atoms with Crippen LogP contribution in [-0.4, -0.2) is 5.78 Å². The maximum Gasteiger partial charge on any atom is 0.136 e. The number of Topliss-reactive ketones (excluding diaryl/α,β-unsaturated/α-hetero) is 1. The van der Waals surface area contributed by atoms with E-state index in [2.05, 4.69) is 13.8 Å². The molecule has 1 fully saturated rings. The average molecular weight is 168 g/mol. The molecule has 1 heteroatoms. The van der Waals surface area contributed by atoms with Crippen molar-refractivity contribution in [2.45, 2.75) is 52.4 Å². The minimum atomic E-state index is 0.413. The van der Waals surface area contributed by atoms with Gasteiger partial charge in [-0.2, -0.15) is 0 Å². The van der Waals surface area contributed by atoms with Gasteiger partial charge in [0.25, 0.3) is 0 Å². The number of hydrogen-bond acceptors (Lipinski definition) is 1. The Morgan fingerprint density at radius 2 is 2.17 bits per heavy atom. The van der Waals surface area contributed by atoms with E-state index in [0.29, 0.717) is 17.6 Å². The van der Waals surface area contributed by atoms with E-state index in [0.717, 1.165) is 19.3 Å². The minimum Gasteiger partial charge on any atom is -0.299 e. The Morgan fingerprint density at radius 1 is 1.42 bits per heavy atom. The fourth-order valence-corrected chi connectivity index (χ4v) is 2.13. The molecule has 1 unspecified atom stereocenters. The van der Waals surface area contributed by atoms with E-state index >= 15 is 0 Å². The second kappa shape index (κ2) is 4.64. The Kier molecular flexibility index (Phi) is 3.77. The molecule has 0 aromatic carbocycles. The summed E-state index contributed by atoms with van der Waals surface area (Å²) in [6, 6.07) is 0. The summed E-state index contributed by atoms with van der Waals surface area (Å²) in [6.07, 6.45) is 6.92. The van der Waals surface area contributed by atoms with Crippen molar-refractivity contribution in [1.29, 1.82) is 0 Å². The smallest absolute Gasteiger partial charge is 0.136 e. The van der Waals surface area contributed by atoms with Gasteiger partial charge < -0.3 is 0 Å². The predicted molar refractivity (Wildman–Crippen MR) is 51.0 cm³/mol. The van der Waals surface area contributed by atoms with Gasteiger partial charge in [-0.25, -0.2) is 0 Å². The maximum atomic E-state index is 11.4. The van der Waals surface area contributed by atoms with Gasteiger partial charge in [-0.05, 0) is 18.8 Å². The third kappa shape index (κ3) is 2.33. The standard InChI is InChI=1S/C11H20O/c1-3-4-5-6-10-9(2)7-8-11(10)12/h9-10H,3-8H2,1-2H3/t9-,10?/m1/s1. The van der Waals surface area contributed by atoms with E-state index in [4.69, 9.17) is 0 Å². The molecule has 1 saturated carbocycles. The highest BCUT2D eigenvalue weighted by molar-refractivity contribution is 5.83. The van der Waals surface area contributed by atoms with Crippen LogP contribution in [0, 0.1) is 11.8 Å². The van der Waals surface area contributed by atoms with Crippen molar-refractivity contribution < 1.29 is 4.79 Å². The molecule has 1 rings (SSSR count). The second-order valence-corrected chi connectivity index (χ2v) is 4.08. The van der Waals surface area contributed by atoms with Gasteiger partial charge in [-0.1, -0.05) is 33.1 Å². The summed E-state index contributed by atoms with van der Waals surface area (Å²) >= 11 is 0. The van der Waals surface area contributed by atoms with Crippen molar-refractivity contribution in [2.24, 2.45) is 11.8 Å². The third-order valence-electron chi connectivity index (χ3n) is 3.07. The van der Waals surface area contributed by atoms with Gasteiger partial charge in [-0.3, -0.25) is 4.79 Å². The highest BCUT2D eigenvalue weighted by atomic mass is 16.1. The van der Waals surface area contributed by atoms with E-state index in [1.807, 2.05) is 0 Å². The van der Waals surface area contributed by atoms with Crippen LogP contribution in [-0.2, 0) is 4.79 Å². The van der Waals surface area contributed by atoms with Gasteiger partial charge in [0.2, 0.25) is 0 Å². The van der Waals surface area contributed by atoms with Gasteiger partial charge in [0.1, 0.15) is 5.78 Å². The van der Waals surface area contributed by atoms with Crippen molar-refractivity contribution in [3.05, 3.63) is 0 Å². The van der Waals surface area contributed by atoms with Crippen molar-refractivity contribution in [3.63, 3.8) is 0 Å². The molecule has 0 spiro atoms. The number of carbonyl (C=O) groups is 1. The Balaban J connectivity index is 2.25. The summed E-state index contributed by atoms with van der Waals surface area (Å²) < 4.78 is 0. The molecule has 70 valence electrons. The molecule has 0 bridgehead atoms.